The van der Waals surface area contributed by atoms with Gasteiger partial charge < -0.3 is 10.1 Å². The predicted octanol–water partition coefficient (Wildman–Crippen LogP) is 5.61. The molecule has 0 aliphatic heterocycles. The Hall–Kier alpha value is -2.85. The highest BCUT2D eigenvalue weighted by Crippen LogP contribution is 2.44. The van der Waals surface area contributed by atoms with Crippen LogP contribution >= 0.6 is 11.3 Å². The highest BCUT2D eigenvalue weighted by atomic mass is 32.1. The second kappa shape index (κ2) is 7.80. The second-order valence-corrected chi connectivity index (χ2v) is 7.66. The van der Waals surface area contributed by atoms with Crippen LogP contribution in [0, 0.1) is 6.92 Å². The van der Waals surface area contributed by atoms with Gasteiger partial charge in [-0.05, 0) is 46.2 Å². The standard InChI is InChI=1S/C23H21NO2S/c1-16-17(12-14-27-16)7-6-13-24-23(25)26-15-22-20-10-4-2-8-18(20)19-9-3-5-11-21(19)22/h2-12,14,22H,13,15H2,1H3,(H,24,25). The summed E-state index contributed by atoms with van der Waals surface area (Å²) in [7, 11) is 0. The Morgan fingerprint density at radius 1 is 1.07 bits per heavy atom. The molecule has 1 aliphatic carbocycles. The van der Waals surface area contributed by atoms with Crippen molar-refractivity contribution in [1.82, 2.24) is 5.32 Å². The minimum Gasteiger partial charge on any atom is -0.449 e. The number of rotatable bonds is 5. The third-order valence-electron chi connectivity index (χ3n) is 4.90. The molecular formula is C23H21NO2S. The fraction of sp³-hybridized carbons (Fsp3) is 0.174. The molecule has 0 saturated heterocycles. The maximum atomic E-state index is 12.1. The average Bonchev–Trinajstić information content (AvgIpc) is 3.25. The van der Waals surface area contributed by atoms with Gasteiger partial charge in [0.15, 0.2) is 0 Å². The molecule has 1 aromatic heterocycles. The normalized spacial score (nSPS) is 12.8. The summed E-state index contributed by atoms with van der Waals surface area (Å²) in [5.41, 5.74) is 6.10. The molecule has 0 atom stereocenters. The quantitative estimate of drug-likeness (QED) is 0.629. The van der Waals surface area contributed by atoms with Crippen LogP contribution < -0.4 is 5.32 Å². The molecule has 27 heavy (non-hydrogen) atoms. The number of amides is 1. The number of carbonyl (C=O) groups is 1. The van der Waals surface area contributed by atoms with Gasteiger partial charge in [-0.3, -0.25) is 0 Å². The number of benzene rings is 2. The van der Waals surface area contributed by atoms with E-state index in [-0.39, 0.29) is 12.0 Å². The molecule has 1 amide bonds. The van der Waals surface area contributed by atoms with Crippen LogP contribution in [0.2, 0.25) is 0 Å². The van der Waals surface area contributed by atoms with E-state index in [4.69, 9.17) is 4.74 Å². The number of fused-ring (bicyclic) bond motifs is 3. The van der Waals surface area contributed by atoms with Crippen molar-refractivity contribution in [1.29, 1.82) is 0 Å². The van der Waals surface area contributed by atoms with E-state index in [9.17, 15) is 4.79 Å². The summed E-state index contributed by atoms with van der Waals surface area (Å²) in [5, 5.41) is 4.86. The number of carbonyl (C=O) groups excluding carboxylic acids is 1. The Labute approximate surface area is 163 Å². The number of alkyl carbamates (subject to hydrolysis) is 1. The van der Waals surface area contributed by atoms with Crippen LogP contribution in [0.15, 0.2) is 66.1 Å². The van der Waals surface area contributed by atoms with Gasteiger partial charge in [-0.1, -0.05) is 60.7 Å². The van der Waals surface area contributed by atoms with Crippen molar-refractivity contribution >= 4 is 23.5 Å². The van der Waals surface area contributed by atoms with E-state index in [1.165, 1.54) is 32.7 Å². The predicted molar refractivity (Wildman–Crippen MR) is 111 cm³/mol. The Bertz CT molecular complexity index is 944. The summed E-state index contributed by atoms with van der Waals surface area (Å²) in [5.74, 6) is 0.0900. The maximum absolute atomic E-state index is 12.1. The Balaban J connectivity index is 1.35. The first-order chi connectivity index (χ1) is 13.2. The Kier molecular flexibility index (Phi) is 5.07. The van der Waals surface area contributed by atoms with Crippen molar-refractivity contribution in [2.24, 2.45) is 0 Å². The van der Waals surface area contributed by atoms with E-state index in [2.05, 4.69) is 48.0 Å². The third-order valence-corrected chi connectivity index (χ3v) is 5.77. The summed E-state index contributed by atoms with van der Waals surface area (Å²) in [6, 6.07) is 18.7. The van der Waals surface area contributed by atoms with Gasteiger partial charge >= 0.3 is 6.09 Å². The van der Waals surface area contributed by atoms with E-state index in [1.807, 2.05) is 36.4 Å². The van der Waals surface area contributed by atoms with Crippen molar-refractivity contribution in [3.63, 3.8) is 0 Å². The molecule has 2 aromatic carbocycles. The van der Waals surface area contributed by atoms with Crippen LogP contribution in [0.3, 0.4) is 0 Å². The van der Waals surface area contributed by atoms with Crippen LogP contribution in [0.5, 0.6) is 0 Å². The zero-order chi connectivity index (χ0) is 18.6. The first kappa shape index (κ1) is 17.6. The van der Waals surface area contributed by atoms with E-state index in [0.717, 1.165) is 0 Å². The summed E-state index contributed by atoms with van der Waals surface area (Å²) in [4.78, 5) is 13.4. The summed E-state index contributed by atoms with van der Waals surface area (Å²) in [6.45, 7) is 2.88. The lowest BCUT2D eigenvalue weighted by Crippen LogP contribution is -2.26. The number of hydrogen-bond acceptors (Lipinski definition) is 3. The van der Waals surface area contributed by atoms with Crippen LogP contribution in [-0.2, 0) is 4.74 Å². The van der Waals surface area contributed by atoms with Gasteiger partial charge in [-0.25, -0.2) is 4.79 Å². The van der Waals surface area contributed by atoms with Crippen molar-refractivity contribution in [3.8, 4) is 11.1 Å². The molecule has 1 N–H and O–H groups in total. The molecule has 4 heteroatoms. The zero-order valence-electron chi connectivity index (χ0n) is 15.1. The van der Waals surface area contributed by atoms with E-state index >= 15 is 0 Å². The van der Waals surface area contributed by atoms with E-state index in [0.29, 0.717) is 13.2 Å². The average molecular weight is 375 g/mol. The SMILES string of the molecule is Cc1sccc1C=CCNC(=O)OCC1c2ccccc2-c2ccccc21. The molecule has 0 unspecified atom stereocenters. The summed E-state index contributed by atoms with van der Waals surface area (Å²) >= 11 is 1.72. The van der Waals surface area contributed by atoms with Gasteiger partial charge in [0.2, 0.25) is 0 Å². The molecule has 1 heterocycles. The minimum absolute atomic E-state index is 0.0900. The zero-order valence-corrected chi connectivity index (χ0v) is 16.0. The highest BCUT2D eigenvalue weighted by molar-refractivity contribution is 7.10. The topological polar surface area (TPSA) is 38.3 Å². The fourth-order valence-electron chi connectivity index (χ4n) is 3.55. The van der Waals surface area contributed by atoms with E-state index < -0.39 is 0 Å². The monoisotopic (exact) mass is 375 g/mol. The lowest BCUT2D eigenvalue weighted by molar-refractivity contribution is 0.144. The molecular weight excluding hydrogens is 354 g/mol. The van der Waals surface area contributed by atoms with Crippen molar-refractivity contribution in [3.05, 3.63) is 87.6 Å². The molecule has 136 valence electrons. The summed E-state index contributed by atoms with van der Waals surface area (Å²) < 4.78 is 5.52. The molecule has 3 nitrogen and oxygen atoms in total. The van der Waals surface area contributed by atoms with Gasteiger partial charge in [0, 0.05) is 17.3 Å². The highest BCUT2D eigenvalue weighted by Gasteiger charge is 2.28. The molecule has 3 aromatic rings. The maximum Gasteiger partial charge on any atom is 0.407 e. The Morgan fingerprint density at radius 2 is 1.74 bits per heavy atom. The van der Waals surface area contributed by atoms with Gasteiger partial charge in [-0.2, -0.15) is 0 Å². The smallest absolute Gasteiger partial charge is 0.407 e. The lowest BCUT2D eigenvalue weighted by atomic mass is 9.98. The molecule has 0 radical (unpaired) electrons. The number of thiophene rings is 1. The summed E-state index contributed by atoms with van der Waals surface area (Å²) in [6.07, 6.45) is 3.58. The fourth-order valence-corrected chi connectivity index (χ4v) is 4.24. The van der Waals surface area contributed by atoms with Crippen molar-refractivity contribution in [2.45, 2.75) is 12.8 Å². The number of nitrogens with one attached hydrogen (secondary N) is 1. The number of ether oxygens (including phenoxy) is 1. The van der Waals surface area contributed by atoms with E-state index in [1.54, 1.807) is 11.3 Å². The van der Waals surface area contributed by atoms with Crippen LogP contribution in [-0.4, -0.2) is 19.2 Å². The minimum atomic E-state index is -0.386. The molecule has 0 fully saturated rings. The number of hydrogen-bond donors (Lipinski definition) is 1. The second-order valence-electron chi connectivity index (χ2n) is 6.54. The van der Waals surface area contributed by atoms with Gasteiger partial charge in [0.1, 0.15) is 6.61 Å². The van der Waals surface area contributed by atoms with Gasteiger partial charge in [0.05, 0.1) is 0 Å². The van der Waals surface area contributed by atoms with Crippen LogP contribution in [0.25, 0.3) is 17.2 Å². The molecule has 0 spiro atoms. The first-order valence-corrected chi connectivity index (χ1v) is 9.91. The molecule has 1 aliphatic rings. The van der Waals surface area contributed by atoms with Crippen molar-refractivity contribution in [2.75, 3.05) is 13.2 Å². The van der Waals surface area contributed by atoms with Gasteiger partial charge in [-0.15, -0.1) is 11.3 Å². The Morgan fingerprint density at radius 3 is 2.37 bits per heavy atom. The van der Waals surface area contributed by atoms with Gasteiger partial charge in [0.25, 0.3) is 0 Å². The molecule has 0 saturated carbocycles. The van der Waals surface area contributed by atoms with Crippen LogP contribution in [0.1, 0.15) is 27.5 Å². The molecule has 0 bridgehead atoms. The third kappa shape index (κ3) is 3.67. The first-order valence-electron chi connectivity index (χ1n) is 9.03. The van der Waals surface area contributed by atoms with Crippen LogP contribution in [0.4, 0.5) is 4.79 Å². The number of aryl methyl sites for hydroxylation is 1. The van der Waals surface area contributed by atoms with Crippen molar-refractivity contribution < 1.29 is 9.53 Å². The largest absolute Gasteiger partial charge is 0.449 e. The molecule has 4 rings (SSSR count). The lowest BCUT2D eigenvalue weighted by Gasteiger charge is -2.14.